The van der Waals surface area contributed by atoms with Gasteiger partial charge in [-0.3, -0.25) is 14.9 Å². The number of amides is 1. The van der Waals surface area contributed by atoms with E-state index in [0.717, 1.165) is 43.0 Å². The molecule has 1 aromatic heterocycles. The molecule has 2 heterocycles. The number of nitrogens with zero attached hydrogens (tertiary/aromatic N) is 2. The molecule has 0 unspecified atom stereocenters. The number of rotatable bonds is 4. The summed E-state index contributed by atoms with van der Waals surface area (Å²) in [6.45, 7) is 1.92. The Morgan fingerprint density at radius 1 is 1.15 bits per heavy atom. The summed E-state index contributed by atoms with van der Waals surface area (Å²) < 4.78 is 0.408. The van der Waals surface area contributed by atoms with Crippen molar-refractivity contribution < 1.29 is 9.72 Å². The van der Waals surface area contributed by atoms with Gasteiger partial charge in [0, 0.05) is 24.5 Å². The molecule has 0 radical (unpaired) electrons. The molecule has 8 heteroatoms. The van der Waals surface area contributed by atoms with E-state index in [4.69, 9.17) is 11.6 Å². The van der Waals surface area contributed by atoms with Crippen LogP contribution in [0.4, 0.5) is 17.1 Å². The predicted octanol–water partition coefficient (Wildman–Crippen LogP) is 5.32. The zero-order chi connectivity index (χ0) is 19.0. The number of nitro groups is 1. The minimum absolute atomic E-state index is 0.0454. The Kier molecular flexibility index (Phi) is 4.72. The van der Waals surface area contributed by atoms with E-state index in [9.17, 15) is 14.9 Å². The summed E-state index contributed by atoms with van der Waals surface area (Å²) in [7, 11) is 0. The van der Waals surface area contributed by atoms with Gasteiger partial charge in [0.25, 0.3) is 11.6 Å². The van der Waals surface area contributed by atoms with Crippen LogP contribution in [-0.2, 0) is 0 Å². The predicted molar refractivity (Wildman–Crippen MR) is 109 cm³/mol. The van der Waals surface area contributed by atoms with E-state index < -0.39 is 4.92 Å². The Hall–Kier alpha value is -2.64. The number of hydrogen-bond acceptors (Lipinski definition) is 5. The quantitative estimate of drug-likeness (QED) is 0.474. The number of non-ortho nitro benzene ring substituents is 1. The highest BCUT2D eigenvalue weighted by Crippen LogP contribution is 2.40. The molecule has 0 spiro atoms. The molecule has 6 nitrogen and oxygen atoms in total. The van der Waals surface area contributed by atoms with Gasteiger partial charge in [-0.15, -0.1) is 11.3 Å². The Morgan fingerprint density at radius 3 is 2.63 bits per heavy atom. The van der Waals surface area contributed by atoms with Crippen molar-refractivity contribution in [3.05, 3.63) is 62.5 Å². The van der Waals surface area contributed by atoms with Crippen LogP contribution in [0.1, 0.15) is 22.5 Å². The van der Waals surface area contributed by atoms with Crippen LogP contribution >= 0.6 is 22.9 Å². The maximum absolute atomic E-state index is 12.9. The molecule has 1 aliphatic heterocycles. The number of thiophene rings is 1. The summed E-state index contributed by atoms with van der Waals surface area (Å²) >= 11 is 7.42. The highest BCUT2D eigenvalue weighted by atomic mass is 35.5. The minimum Gasteiger partial charge on any atom is -0.370 e. The molecule has 0 bridgehead atoms. The summed E-state index contributed by atoms with van der Waals surface area (Å²) in [6, 6.07) is 12.3. The van der Waals surface area contributed by atoms with E-state index in [1.165, 1.54) is 6.07 Å². The van der Waals surface area contributed by atoms with Crippen molar-refractivity contribution >= 4 is 56.0 Å². The molecule has 27 heavy (non-hydrogen) atoms. The number of fused-ring (bicyclic) bond motifs is 1. The van der Waals surface area contributed by atoms with Crippen LogP contribution < -0.4 is 10.2 Å². The van der Waals surface area contributed by atoms with Gasteiger partial charge in [0.15, 0.2) is 0 Å². The Bertz CT molecular complexity index is 1040. The molecule has 0 atom stereocenters. The average molecular weight is 402 g/mol. The standard InChI is InChI=1S/C19H16ClN3O3S/c20-16-12-6-5-9-15(23(25)26)17(12)27-18(16)19(24)21-13-7-1-2-8-14(13)22-10-3-4-11-22/h1-2,5-9H,3-4,10-11H2,(H,21,24). The van der Waals surface area contributed by atoms with Gasteiger partial charge in [-0.1, -0.05) is 35.9 Å². The number of nitro benzene ring substituents is 1. The zero-order valence-corrected chi connectivity index (χ0v) is 15.8. The van der Waals surface area contributed by atoms with Gasteiger partial charge in [-0.2, -0.15) is 0 Å². The third-order valence-electron chi connectivity index (χ3n) is 4.64. The van der Waals surface area contributed by atoms with Gasteiger partial charge in [-0.25, -0.2) is 0 Å². The van der Waals surface area contributed by atoms with E-state index in [1.807, 2.05) is 24.3 Å². The molecule has 3 aromatic rings. The van der Waals surface area contributed by atoms with Crippen LogP contribution in [0.5, 0.6) is 0 Å². The Morgan fingerprint density at radius 2 is 1.89 bits per heavy atom. The lowest BCUT2D eigenvalue weighted by molar-refractivity contribution is -0.382. The molecule has 1 aliphatic rings. The van der Waals surface area contributed by atoms with Crippen molar-refractivity contribution in [1.29, 1.82) is 0 Å². The smallest absolute Gasteiger partial charge is 0.287 e. The van der Waals surface area contributed by atoms with Crippen LogP contribution in [0.25, 0.3) is 10.1 Å². The van der Waals surface area contributed by atoms with E-state index >= 15 is 0 Å². The summed E-state index contributed by atoms with van der Waals surface area (Å²) in [5, 5.41) is 14.9. The number of benzene rings is 2. The van der Waals surface area contributed by atoms with Crippen molar-refractivity contribution in [2.24, 2.45) is 0 Å². The largest absolute Gasteiger partial charge is 0.370 e. The SMILES string of the molecule is O=C(Nc1ccccc1N1CCCC1)c1sc2c([N+](=O)[O-])cccc2c1Cl. The van der Waals surface area contributed by atoms with Gasteiger partial charge < -0.3 is 10.2 Å². The fourth-order valence-corrected chi connectivity index (χ4v) is 4.85. The maximum Gasteiger partial charge on any atom is 0.287 e. The van der Waals surface area contributed by atoms with Crippen molar-refractivity contribution in [3.8, 4) is 0 Å². The number of nitrogens with one attached hydrogen (secondary N) is 1. The molecule has 1 N–H and O–H groups in total. The normalized spacial score (nSPS) is 13.9. The Balaban J connectivity index is 1.69. The number of para-hydroxylation sites is 2. The average Bonchev–Trinajstić information content (AvgIpc) is 3.30. The fraction of sp³-hybridized carbons (Fsp3) is 0.211. The van der Waals surface area contributed by atoms with Crippen molar-refractivity contribution in [2.45, 2.75) is 12.8 Å². The zero-order valence-electron chi connectivity index (χ0n) is 14.3. The van der Waals surface area contributed by atoms with E-state index in [2.05, 4.69) is 10.2 Å². The molecular formula is C19H16ClN3O3S. The molecule has 0 aliphatic carbocycles. The molecule has 1 saturated heterocycles. The van der Waals surface area contributed by atoms with E-state index in [0.29, 0.717) is 15.8 Å². The van der Waals surface area contributed by atoms with Crippen molar-refractivity contribution in [3.63, 3.8) is 0 Å². The van der Waals surface area contributed by atoms with Crippen molar-refractivity contribution in [2.75, 3.05) is 23.3 Å². The fourth-order valence-electron chi connectivity index (χ4n) is 3.36. The minimum atomic E-state index is -0.459. The van der Waals surface area contributed by atoms with Crippen LogP contribution in [0.2, 0.25) is 5.02 Å². The third kappa shape index (κ3) is 3.24. The van der Waals surface area contributed by atoms with Gasteiger partial charge in [0.1, 0.15) is 9.58 Å². The molecule has 0 saturated carbocycles. The summed E-state index contributed by atoms with van der Waals surface area (Å²) in [5.41, 5.74) is 1.65. The summed E-state index contributed by atoms with van der Waals surface area (Å²) in [5.74, 6) is -0.359. The van der Waals surface area contributed by atoms with E-state index in [1.54, 1.807) is 12.1 Å². The second-order valence-corrected chi connectivity index (χ2v) is 7.72. The lowest BCUT2D eigenvalue weighted by Crippen LogP contribution is -2.20. The molecule has 1 fully saturated rings. The topological polar surface area (TPSA) is 75.5 Å². The first-order chi connectivity index (χ1) is 13.1. The number of carbonyl (C=O) groups is 1. The molecule has 4 rings (SSSR count). The molecular weight excluding hydrogens is 386 g/mol. The van der Waals surface area contributed by atoms with Crippen LogP contribution in [0.15, 0.2) is 42.5 Å². The van der Waals surface area contributed by atoms with Gasteiger partial charge >= 0.3 is 0 Å². The highest BCUT2D eigenvalue weighted by molar-refractivity contribution is 7.22. The molecule has 138 valence electrons. The number of carbonyl (C=O) groups excluding carboxylic acids is 1. The van der Waals surface area contributed by atoms with E-state index in [-0.39, 0.29) is 21.5 Å². The highest BCUT2D eigenvalue weighted by Gasteiger charge is 2.24. The maximum atomic E-state index is 12.9. The van der Waals surface area contributed by atoms with Crippen molar-refractivity contribution in [1.82, 2.24) is 0 Å². The summed E-state index contributed by atoms with van der Waals surface area (Å²) in [6.07, 6.45) is 2.27. The van der Waals surface area contributed by atoms with Gasteiger partial charge in [0.05, 0.1) is 21.3 Å². The molecule has 1 amide bonds. The van der Waals surface area contributed by atoms with Crippen LogP contribution in [0.3, 0.4) is 0 Å². The summed E-state index contributed by atoms with van der Waals surface area (Å²) in [4.78, 5) is 26.2. The van der Waals surface area contributed by atoms with Crippen LogP contribution in [0, 0.1) is 10.1 Å². The van der Waals surface area contributed by atoms with Gasteiger partial charge in [0.2, 0.25) is 0 Å². The van der Waals surface area contributed by atoms with Crippen LogP contribution in [-0.4, -0.2) is 23.9 Å². The number of halogens is 1. The number of hydrogen-bond donors (Lipinski definition) is 1. The molecule has 2 aromatic carbocycles. The first-order valence-corrected chi connectivity index (χ1v) is 9.76. The number of anilines is 2. The lowest BCUT2D eigenvalue weighted by atomic mass is 10.2. The third-order valence-corrected chi connectivity index (χ3v) is 6.37. The lowest BCUT2D eigenvalue weighted by Gasteiger charge is -2.21. The van der Waals surface area contributed by atoms with Gasteiger partial charge in [-0.05, 0) is 25.0 Å². The second-order valence-electron chi connectivity index (χ2n) is 6.32. The Labute approximate surface area is 164 Å². The first-order valence-electron chi connectivity index (χ1n) is 8.57. The monoisotopic (exact) mass is 401 g/mol. The second kappa shape index (κ2) is 7.17. The first kappa shape index (κ1) is 17.8.